The second kappa shape index (κ2) is 9.58. The fourth-order valence-corrected chi connectivity index (χ4v) is 5.71. The number of pyridine rings is 2. The number of sulfonamides is 1. The van der Waals surface area contributed by atoms with E-state index >= 15 is 0 Å². The summed E-state index contributed by atoms with van der Waals surface area (Å²) in [5.41, 5.74) is 0.917. The summed E-state index contributed by atoms with van der Waals surface area (Å²) >= 11 is 0. The Morgan fingerprint density at radius 1 is 1.27 bits per heavy atom. The molecule has 0 bridgehead atoms. The minimum Gasteiger partial charge on any atom is -0.465 e. The van der Waals surface area contributed by atoms with Crippen LogP contribution < -0.4 is 10.5 Å². The van der Waals surface area contributed by atoms with Crippen molar-refractivity contribution in [2.45, 2.75) is 45.8 Å². The number of furan rings is 1. The number of aryl methyl sites for hydroxylation is 1. The normalized spacial score (nSPS) is 17.8. The van der Waals surface area contributed by atoms with E-state index in [4.69, 9.17) is 4.42 Å². The number of piperazine rings is 1. The van der Waals surface area contributed by atoms with Crippen molar-refractivity contribution in [3.8, 4) is 11.1 Å². The Bertz CT molecular complexity index is 1500. The molecular weight excluding hydrogens is 498 g/mol. The minimum absolute atomic E-state index is 0.0401. The molecule has 1 N–H and O–H groups in total. The topological polar surface area (TPSA) is 129 Å². The van der Waals surface area contributed by atoms with Crippen molar-refractivity contribution in [3.05, 3.63) is 46.8 Å². The molecule has 1 atom stereocenters. The van der Waals surface area contributed by atoms with E-state index in [0.29, 0.717) is 59.7 Å². The van der Waals surface area contributed by atoms with E-state index in [1.165, 1.54) is 26.2 Å². The van der Waals surface area contributed by atoms with Crippen molar-refractivity contribution >= 4 is 32.8 Å². The van der Waals surface area contributed by atoms with Gasteiger partial charge >= 0.3 is 6.09 Å². The van der Waals surface area contributed by atoms with Crippen LogP contribution in [0.3, 0.4) is 0 Å². The summed E-state index contributed by atoms with van der Waals surface area (Å²) in [5, 5.41) is 10.4. The number of carboxylic acid groups (broad SMARTS) is 1. The van der Waals surface area contributed by atoms with Gasteiger partial charge in [-0.15, -0.1) is 0 Å². The summed E-state index contributed by atoms with van der Waals surface area (Å²) in [6.07, 6.45) is 4.81. The summed E-state index contributed by atoms with van der Waals surface area (Å²) in [4.78, 5) is 32.8. The molecular formula is C25H33N5O6S. The van der Waals surface area contributed by atoms with Gasteiger partial charge in [0.25, 0.3) is 5.56 Å². The molecule has 1 saturated heterocycles. The second-order valence-electron chi connectivity index (χ2n) is 10.5. The largest absolute Gasteiger partial charge is 0.465 e. The fourth-order valence-electron chi connectivity index (χ4n) is 4.81. The molecule has 3 aromatic rings. The first-order valence-corrected chi connectivity index (χ1v) is 13.8. The summed E-state index contributed by atoms with van der Waals surface area (Å²) in [7, 11) is -1.62. The third kappa shape index (κ3) is 5.27. The number of aromatic nitrogens is 2. The third-order valence-corrected chi connectivity index (χ3v) is 7.92. The Labute approximate surface area is 216 Å². The van der Waals surface area contributed by atoms with Gasteiger partial charge in [-0.25, -0.2) is 13.2 Å². The maximum absolute atomic E-state index is 13.0. The number of fused-ring (bicyclic) bond motifs is 1. The lowest BCUT2D eigenvalue weighted by Gasteiger charge is -2.38. The van der Waals surface area contributed by atoms with Crippen LogP contribution in [0, 0.1) is 0 Å². The summed E-state index contributed by atoms with van der Waals surface area (Å²) in [5.74, 6) is 0.570. The molecule has 0 saturated carbocycles. The molecule has 200 valence electrons. The summed E-state index contributed by atoms with van der Waals surface area (Å²) < 4.78 is 33.0. The Morgan fingerprint density at radius 2 is 1.97 bits per heavy atom. The van der Waals surface area contributed by atoms with Gasteiger partial charge in [-0.1, -0.05) is 0 Å². The minimum atomic E-state index is -3.26. The molecule has 0 aromatic carbocycles. The number of hydrogen-bond donors (Lipinski definition) is 1. The number of carbonyl (C=O) groups is 1. The molecule has 0 radical (unpaired) electrons. The lowest BCUT2D eigenvalue weighted by molar-refractivity contribution is 0.115. The van der Waals surface area contributed by atoms with E-state index in [0.717, 1.165) is 0 Å². The molecule has 12 heteroatoms. The average molecular weight is 532 g/mol. The highest BCUT2D eigenvalue weighted by atomic mass is 32.2. The number of amides is 1. The van der Waals surface area contributed by atoms with E-state index in [1.54, 1.807) is 52.3 Å². The van der Waals surface area contributed by atoms with E-state index < -0.39 is 21.7 Å². The van der Waals surface area contributed by atoms with Crippen LogP contribution in [-0.4, -0.2) is 75.8 Å². The molecule has 0 aliphatic carbocycles. The van der Waals surface area contributed by atoms with E-state index in [9.17, 15) is 23.1 Å². The second-order valence-corrected chi connectivity index (χ2v) is 12.5. The van der Waals surface area contributed by atoms with Crippen molar-refractivity contribution < 1.29 is 22.7 Å². The number of anilines is 1. The first-order valence-electron chi connectivity index (χ1n) is 12.0. The molecule has 4 heterocycles. The number of nitrogens with zero attached hydrogens (tertiary/aromatic N) is 5. The van der Waals surface area contributed by atoms with Crippen molar-refractivity contribution in [1.29, 1.82) is 0 Å². The molecule has 1 aliphatic heterocycles. The SMILES string of the molecule is CC1CN(S(C)(=O)=O)CCN1Cc1cc2c(=O)n(C)cc(-c3ccncc3N(C(=O)O)C(C)(C)C)c2o1. The van der Waals surface area contributed by atoms with Crippen molar-refractivity contribution in [3.63, 3.8) is 0 Å². The zero-order chi connectivity index (χ0) is 27.3. The summed E-state index contributed by atoms with van der Waals surface area (Å²) in [6.45, 7) is 9.05. The molecule has 1 unspecified atom stereocenters. The highest BCUT2D eigenvalue weighted by Gasteiger charge is 2.32. The number of hydrogen-bond acceptors (Lipinski definition) is 7. The van der Waals surface area contributed by atoms with Gasteiger partial charge < -0.3 is 14.1 Å². The average Bonchev–Trinajstić information content (AvgIpc) is 3.20. The predicted octanol–water partition coefficient (Wildman–Crippen LogP) is 2.94. The Kier molecular flexibility index (Phi) is 6.95. The van der Waals surface area contributed by atoms with Crippen molar-refractivity contribution in [2.75, 3.05) is 30.8 Å². The van der Waals surface area contributed by atoms with Crippen LogP contribution >= 0.6 is 0 Å². The van der Waals surface area contributed by atoms with Crippen LogP contribution in [0.2, 0.25) is 0 Å². The van der Waals surface area contributed by atoms with Crippen LogP contribution in [0.5, 0.6) is 0 Å². The monoisotopic (exact) mass is 531 g/mol. The van der Waals surface area contributed by atoms with E-state index in [2.05, 4.69) is 9.88 Å². The summed E-state index contributed by atoms with van der Waals surface area (Å²) in [6, 6.07) is 3.39. The Hall–Kier alpha value is -3.22. The Morgan fingerprint density at radius 3 is 2.57 bits per heavy atom. The zero-order valence-corrected chi connectivity index (χ0v) is 22.7. The maximum Gasteiger partial charge on any atom is 0.412 e. The van der Waals surface area contributed by atoms with Crippen molar-refractivity contribution in [1.82, 2.24) is 18.8 Å². The van der Waals surface area contributed by atoms with Gasteiger partial charge in [0.2, 0.25) is 10.0 Å². The molecule has 37 heavy (non-hydrogen) atoms. The molecule has 4 rings (SSSR count). The third-order valence-electron chi connectivity index (χ3n) is 6.65. The van der Waals surface area contributed by atoms with Gasteiger partial charge in [-0.05, 0) is 39.8 Å². The predicted molar refractivity (Wildman–Crippen MR) is 141 cm³/mol. The highest BCUT2D eigenvalue weighted by molar-refractivity contribution is 7.88. The van der Waals surface area contributed by atoms with Crippen molar-refractivity contribution in [2.24, 2.45) is 7.05 Å². The number of rotatable bonds is 5. The molecule has 1 aliphatic rings. The smallest absolute Gasteiger partial charge is 0.412 e. The van der Waals surface area contributed by atoms with Gasteiger partial charge in [0, 0.05) is 61.8 Å². The molecule has 11 nitrogen and oxygen atoms in total. The van der Waals surface area contributed by atoms with E-state index in [1.807, 2.05) is 6.92 Å². The van der Waals surface area contributed by atoms with Crippen LogP contribution in [0.15, 0.2) is 39.9 Å². The van der Waals surface area contributed by atoms with E-state index in [-0.39, 0.29) is 11.6 Å². The zero-order valence-electron chi connectivity index (χ0n) is 21.9. The standard InChI is InChI=1S/C25H33N5O6S/c1-16-13-29(37(6,34)35)10-9-28(16)14-17-11-19-22(36-17)20(15-27(5)23(19)31)18-7-8-26-12-21(18)30(24(32)33)25(2,3)4/h7-8,11-12,15-16H,9-10,13-14H2,1-6H3,(H,32,33). The van der Waals surface area contributed by atoms with Gasteiger partial charge in [-0.3, -0.25) is 19.6 Å². The fraction of sp³-hybridized carbons (Fsp3) is 0.480. The van der Waals surface area contributed by atoms with Crippen LogP contribution in [0.1, 0.15) is 33.5 Å². The van der Waals surface area contributed by atoms with Gasteiger partial charge in [0.15, 0.2) is 0 Å². The van der Waals surface area contributed by atoms with Crippen LogP contribution in [-0.2, 0) is 23.6 Å². The Balaban J connectivity index is 1.78. The molecule has 1 fully saturated rings. The lowest BCUT2D eigenvalue weighted by atomic mass is 10.0. The molecule has 1 amide bonds. The first-order chi connectivity index (χ1) is 17.2. The van der Waals surface area contributed by atoms with Crippen LogP contribution in [0.25, 0.3) is 22.1 Å². The quantitative estimate of drug-likeness (QED) is 0.532. The van der Waals surface area contributed by atoms with Gasteiger partial charge in [0.1, 0.15) is 11.3 Å². The highest BCUT2D eigenvalue weighted by Crippen LogP contribution is 2.38. The maximum atomic E-state index is 13.0. The van der Waals surface area contributed by atoms with Gasteiger partial charge in [-0.2, -0.15) is 4.31 Å². The molecule has 3 aromatic heterocycles. The van der Waals surface area contributed by atoms with Gasteiger partial charge in [0.05, 0.1) is 30.1 Å². The van der Waals surface area contributed by atoms with Crippen LogP contribution in [0.4, 0.5) is 10.5 Å². The lowest BCUT2D eigenvalue weighted by Crippen LogP contribution is -2.52. The molecule has 0 spiro atoms. The first kappa shape index (κ1) is 26.8.